The summed E-state index contributed by atoms with van der Waals surface area (Å²) >= 11 is 0. The van der Waals surface area contributed by atoms with Gasteiger partial charge in [0, 0.05) is 19.2 Å². The summed E-state index contributed by atoms with van der Waals surface area (Å²) in [6.07, 6.45) is 0. The summed E-state index contributed by atoms with van der Waals surface area (Å²) < 4.78 is 0. The lowest BCUT2D eigenvalue weighted by molar-refractivity contribution is -0.384. The Kier molecular flexibility index (Phi) is 3.60. The smallest absolute Gasteiger partial charge is 0.337 e. The molecule has 0 aromatic heterocycles. The van der Waals surface area contributed by atoms with Crippen molar-refractivity contribution >= 4 is 23.4 Å². The van der Waals surface area contributed by atoms with E-state index in [2.05, 4.69) is 10.6 Å². The highest BCUT2D eigenvalue weighted by molar-refractivity contribution is 6.00. The third-order valence-corrected chi connectivity index (χ3v) is 1.92. The van der Waals surface area contributed by atoms with E-state index in [-0.39, 0.29) is 16.9 Å². The number of nitro groups is 1. The zero-order valence-electron chi connectivity index (χ0n) is 8.76. The van der Waals surface area contributed by atoms with Gasteiger partial charge in [-0.25, -0.2) is 9.59 Å². The minimum absolute atomic E-state index is 0.133. The van der Waals surface area contributed by atoms with Crippen molar-refractivity contribution in [3.63, 3.8) is 0 Å². The fourth-order valence-electron chi connectivity index (χ4n) is 1.12. The average molecular weight is 239 g/mol. The molecule has 0 heterocycles. The molecule has 0 unspecified atom stereocenters. The van der Waals surface area contributed by atoms with Gasteiger partial charge >= 0.3 is 12.0 Å². The van der Waals surface area contributed by atoms with Crippen LogP contribution in [0.15, 0.2) is 18.2 Å². The minimum Gasteiger partial charge on any atom is -0.478 e. The molecular formula is C9H9N3O5. The number of rotatable bonds is 3. The number of hydrogen-bond donors (Lipinski definition) is 3. The summed E-state index contributed by atoms with van der Waals surface area (Å²) in [6, 6.07) is 2.44. The van der Waals surface area contributed by atoms with E-state index in [9.17, 15) is 19.7 Å². The number of urea groups is 1. The zero-order chi connectivity index (χ0) is 13.0. The monoisotopic (exact) mass is 239 g/mol. The van der Waals surface area contributed by atoms with Gasteiger partial charge < -0.3 is 15.7 Å². The van der Waals surface area contributed by atoms with E-state index in [4.69, 9.17) is 5.11 Å². The van der Waals surface area contributed by atoms with Crippen molar-refractivity contribution in [2.75, 3.05) is 12.4 Å². The third kappa shape index (κ3) is 2.91. The van der Waals surface area contributed by atoms with E-state index >= 15 is 0 Å². The van der Waals surface area contributed by atoms with Gasteiger partial charge in [-0.05, 0) is 6.07 Å². The van der Waals surface area contributed by atoms with Crippen molar-refractivity contribution in [3.8, 4) is 0 Å². The molecule has 0 saturated carbocycles. The Balaban J connectivity index is 3.20. The highest BCUT2D eigenvalue weighted by Crippen LogP contribution is 2.22. The summed E-state index contributed by atoms with van der Waals surface area (Å²) in [5, 5.41) is 23.8. The van der Waals surface area contributed by atoms with Gasteiger partial charge in [-0.3, -0.25) is 10.1 Å². The molecule has 90 valence electrons. The molecule has 0 fully saturated rings. The largest absolute Gasteiger partial charge is 0.478 e. The number of anilines is 1. The maximum Gasteiger partial charge on any atom is 0.337 e. The lowest BCUT2D eigenvalue weighted by Crippen LogP contribution is -2.25. The first-order valence-corrected chi connectivity index (χ1v) is 4.46. The lowest BCUT2D eigenvalue weighted by atomic mass is 10.1. The van der Waals surface area contributed by atoms with E-state index in [1.165, 1.54) is 7.05 Å². The molecule has 3 N–H and O–H groups in total. The van der Waals surface area contributed by atoms with Gasteiger partial charge in [-0.1, -0.05) is 0 Å². The van der Waals surface area contributed by atoms with Crippen LogP contribution in [0.2, 0.25) is 0 Å². The number of aromatic carboxylic acids is 1. The van der Waals surface area contributed by atoms with Crippen molar-refractivity contribution in [3.05, 3.63) is 33.9 Å². The predicted octanol–water partition coefficient (Wildman–Crippen LogP) is 1.04. The third-order valence-electron chi connectivity index (χ3n) is 1.92. The maximum atomic E-state index is 11.1. The summed E-state index contributed by atoms with van der Waals surface area (Å²) in [5.41, 5.74) is -0.661. The Morgan fingerprint density at radius 2 is 2.06 bits per heavy atom. The molecule has 0 aliphatic heterocycles. The van der Waals surface area contributed by atoms with Crippen molar-refractivity contribution in [1.29, 1.82) is 0 Å². The van der Waals surface area contributed by atoms with Crippen molar-refractivity contribution in [2.24, 2.45) is 0 Å². The summed E-state index contributed by atoms with van der Waals surface area (Å²) in [5.74, 6) is -1.29. The highest BCUT2D eigenvalue weighted by Gasteiger charge is 2.16. The molecular weight excluding hydrogens is 230 g/mol. The quantitative estimate of drug-likeness (QED) is 0.537. The fourth-order valence-corrected chi connectivity index (χ4v) is 1.12. The van der Waals surface area contributed by atoms with Crippen LogP contribution in [-0.4, -0.2) is 29.1 Å². The number of nitrogens with one attached hydrogen (secondary N) is 2. The highest BCUT2D eigenvalue weighted by atomic mass is 16.6. The number of carbonyl (C=O) groups excluding carboxylic acids is 1. The first-order chi connectivity index (χ1) is 7.95. The van der Waals surface area contributed by atoms with Gasteiger partial charge in [0.05, 0.1) is 16.2 Å². The maximum absolute atomic E-state index is 11.1. The Morgan fingerprint density at radius 3 is 2.53 bits per heavy atom. The van der Waals surface area contributed by atoms with Gasteiger partial charge in [0.1, 0.15) is 0 Å². The number of carboxylic acid groups (broad SMARTS) is 1. The normalized spacial score (nSPS) is 9.47. The van der Waals surface area contributed by atoms with Gasteiger partial charge in [0.2, 0.25) is 0 Å². The van der Waals surface area contributed by atoms with E-state index < -0.39 is 16.9 Å². The molecule has 0 aliphatic carbocycles. The van der Waals surface area contributed by atoms with E-state index in [0.717, 1.165) is 18.2 Å². The Hall–Kier alpha value is -2.64. The number of carbonyl (C=O) groups is 2. The fraction of sp³-hybridized carbons (Fsp3) is 0.111. The molecule has 0 atom stereocenters. The van der Waals surface area contributed by atoms with Gasteiger partial charge in [0.15, 0.2) is 0 Å². The topological polar surface area (TPSA) is 122 Å². The van der Waals surface area contributed by atoms with Crippen molar-refractivity contribution in [2.45, 2.75) is 0 Å². The minimum atomic E-state index is -1.29. The Labute approximate surface area is 95.4 Å². The second-order valence-corrected chi connectivity index (χ2v) is 3.00. The molecule has 0 radical (unpaired) electrons. The number of non-ortho nitro benzene ring substituents is 1. The van der Waals surface area contributed by atoms with Crippen LogP contribution in [-0.2, 0) is 0 Å². The molecule has 2 amide bonds. The molecule has 1 aromatic carbocycles. The van der Waals surface area contributed by atoms with Crippen LogP contribution in [0, 0.1) is 10.1 Å². The number of carboxylic acids is 1. The van der Waals surface area contributed by atoms with Crippen LogP contribution in [0.3, 0.4) is 0 Å². The van der Waals surface area contributed by atoms with Crippen LogP contribution >= 0.6 is 0 Å². The molecule has 17 heavy (non-hydrogen) atoms. The zero-order valence-corrected chi connectivity index (χ0v) is 8.76. The summed E-state index contributed by atoms with van der Waals surface area (Å²) in [6.45, 7) is 0. The van der Waals surface area contributed by atoms with Crippen LogP contribution in [0.1, 0.15) is 10.4 Å². The van der Waals surface area contributed by atoms with E-state index in [1.54, 1.807) is 0 Å². The number of hydrogen-bond acceptors (Lipinski definition) is 4. The number of nitrogens with zero attached hydrogens (tertiary/aromatic N) is 1. The lowest BCUT2D eigenvalue weighted by Gasteiger charge is -2.07. The number of amides is 2. The standard InChI is InChI=1S/C9H9N3O5/c1-10-9(15)11-7-4-5(12(16)17)2-3-6(7)8(13)14/h2-4H,1H3,(H,13,14)(H2,10,11,15). The van der Waals surface area contributed by atoms with Crippen LogP contribution in [0.4, 0.5) is 16.2 Å². The molecule has 0 spiro atoms. The van der Waals surface area contributed by atoms with Crippen molar-refractivity contribution < 1.29 is 19.6 Å². The van der Waals surface area contributed by atoms with Crippen LogP contribution in [0.5, 0.6) is 0 Å². The number of benzene rings is 1. The first kappa shape index (κ1) is 12.4. The average Bonchev–Trinajstić information content (AvgIpc) is 2.28. The van der Waals surface area contributed by atoms with Gasteiger partial charge in [0.25, 0.3) is 5.69 Å². The summed E-state index contributed by atoms with van der Waals surface area (Å²) in [7, 11) is 1.34. The van der Waals surface area contributed by atoms with Crippen molar-refractivity contribution in [1.82, 2.24) is 5.32 Å². The first-order valence-electron chi connectivity index (χ1n) is 4.46. The second-order valence-electron chi connectivity index (χ2n) is 3.00. The van der Waals surface area contributed by atoms with Gasteiger partial charge in [-0.2, -0.15) is 0 Å². The second kappa shape index (κ2) is 4.92. The Morgan fingerprint density at radius 1 is 1.41 bits per heavy atom. The molecule has 8 heteroatoms. The molecule has 0 saturated heterocycles. The molecule has 0 aliphatic rings. The van der Waals surface area contributed by atoms with Crippen LogP contribution in [0.25, 0.3) is 0 Å². The SMILES string of the molecule is CNC(=O)Nc1cc([N+](=O)[O-])ccc1C(=O)O. The summed E-state index contributed by atoms with van der Waals surface area (Å²) in [4.78, 5) is 31.7. The Bertz CT molecular complexity index is 486. The number of nitro benzene ring substituents is 1. The van der Waals surface area contributed by atoms with Gasteiger partial charge in [-0.15, -0.1) is 0 Å². The van der Waals surface area contributed by atoms with Crippen LogP contribution < -0.4 is 10.6 Å². The molecule has 8 nitrogen and oxygen atoms in total. The molecule has 1 rings (SSSR count). The van der Waals surface area contributed by atoms with E-state index in [0.29, 0.717) is 0 Å². The molecule has 0 bridgehead atoms. The molecule has 1 aromatic rings. The van der Waals surface area contributed by atoms with E-state index in [1.807, 2.05) is 0 Å². The predicted molar refractivity (Wildman–Crippen MR) is 58.1 cm³/mol.